The van der Waals surface area contributed by atoms with E-state index in [2.05, 4.69) is 0 Å². The Morgan fingerprint density at radius 2 is 1.67 bits per heavy atom. The van der Waals surface area contributed by atoms with E-state index in [1.54, 1.807) is 13.0 Å². The Morgan fingerprint density at radius 1 is 1.19 bits per heavy atom. The molecule has 0 saturated carbocycles. The Labute approximate surface area is 122 Å². The van der Waals surface area contributed by atoms with Crippen LogP contribution in [0.15, 0.2) is 17.0 Å². The number of alkyl halides is 3. The lowest BCUT2D eigenvalue weighted by Crippen LogP contribution is -2.43. The molecule has 0 spiro atoms. The molecule has 120 valence electrons. The molecule has 1 aromatic rings. The summed E-state index contributed by atoms with van der Waals surface area (Å²) in [5.74, 6) is 0. The summed E-state index contributed by atoms with van der Waals surface area (Å²) in [7, 11) is -4.33. The normalized spacial score (nSPS) is 13.2. The average Bonchev–Trinajstić information content (AvgIpc) is 2.29. The van der Waals surface area contributed by atoms with Crippen molar-refractivity contribution in [1.29, 1.82) is 0 Å². The number of rotatable bonds is 4. The van der Waals surface area contributed by atoms with Crippen LogP contribution in [0.5, 0.6) is 0 Å². The van der Waals surface area contributed by atoms with Gasteiger partial charge in [-0.2, -0.15) is 17.5 Å². The van der Waals surface area contributed by atoms with E-state index in [0.29, 0.717) is 15.4 Å². The lowest BCUT2D eigenvalue weighted by molar-refractivity contribution is -0.138. The molecule has 0 heterocycles. The number of anilines is 1. The maximum atomic E-state index is 12.7. The van der Waals surface area contributed by atoms with Gasteiger partial charge in [0, 0.05) is 6.04 Å². The van der Waals surface area contributed by atoms with Crippen LogP contribution < -0.4 is 5.73 Å². The number of aryl methyl sites for hydroxylation is 2. The largest absolute Gasteiger partial charge is 0.402 e. The van der Waals surface area contributed by atoms with Gasteiger partial charge < -0.3 is 5.73 Å². The molecule has 0 aliphatic heterocycles. The number of hydrogen-bond acceptors (Lipinski definition) is 3. The summed E-state index contributed by atoms with van der Waals surface area (Å²) >= 11 is 0. The highest BCUT2D eigenvalue weighted by atomic mass is 32.2. The first kappa shape index (κ1) is 17.8. The quantitative estimate of drug-likeness (QED) is 0.866. The molecule has 0 aromatic heterocycles. The fraction of sp³-hybridized carbons (Fsp3) is 0.538. The van der Waals surface area contributed by atoms with Crippen LogP contribution in [-0.2, 0) is 10.0 Å². The molecule has 0 aliphatic rings. The third-order valence-corrected chi connectivity index (χ3v) is 5.31. The number of sulfonamides is 1. The molecular weight excluding hydrogens is 305 g/mol. The van der Waals surface area contributed by atoms with Gasteiger partial charge in [0.05, 0.1) is 5.69 Å². The summed E-state index contributed by atoms with van der Waals surface area (Å²) in [6, 6.07) is 2.33. The lowest BCUT2D eigenvalue weighted by atomic mass is 10.1. The predicted octanol–water partition coefficient (Wildman–Crippen LogP) is 2.85. The Kier molecular flexibility index (Phi) is 4.94. The minimum atomic E-state index is -4.62. The zero-order valence-corrected chi connectivity index (χ0v) is 13.1. The molecule has 2 N–H and O–H groups in total. The fourth-order valence-electron chi connectivity index (χ4n) is 1.99. The molecule has 1 aromatic carbocycles. The number of nitrogens with two attached hydrogens (primary N) is 1. The van der Waals surface area contributed by atoms with Crippen LogP contribution in [-0.4, -0.2) is 31.5 Å². The third-order valence-electron chi connectivity index (χ3n) is 3.09. The second-order valence-corrected chi connectivity index (χ2v) is 7.03. The molecule has 1 rings (SSSR count). The number of hydrogen-bond donors (Lipinski definition) is 1. The van der Waals surface area contributed by atoms with E-state index in [0.717, 1.165) is 0 Å². The van der Waals surface area contributed by atoms with Gasteiger partial charge >= 0.3 is 6.18 Å². The fourth-order valence-corrected chi connectivity index (χ4v) is 4.01. The van der Waals surface area contributed by atoms with Crippen molar-refractivity contribution >= 4 is 15.7 Å². The molecule has 0 saturated heterocycles. The molecule has 21 heavy (non-hydrogen) atoms. The highest BCUT2D eigenvalue weighted by Gasteiger charge is 2.39. The van der Waals surface area contributed by atoms with Crippen molar-refractivity contribution in [1.82, 2.24) is 4.31 Å². The van der Waals surface area contributed by atoms with Crippen molar-refractivity contribution in [3.05, 3.63) is 23.3 Å². The van der Waals surface area contributed by atoms with Crippen LogP contribution >= 0.6 is 0 Å². The summed E-state index contributed by atoms with van der Waals surface area (Å²) in [6.45, 7) is 4.36. The van der Waals surface area contributed by atoms with Gasteiger partial charge in [0.25, 0.3) is 0 Å². The number of benzene rings is 1. The van der Waals surface area contributed by atoms with E-state index in [4.69, 9.17) is 5.73 Å². The zero-order valence-electron chi connectivity index (χ0n) is 12.3. The lowest BCUT2D eigenvalue weighted by Gasteiger charge is -2.28. The minimum Gasteiger partial charge on any atom is -0.397 e. The summed E-state index contributed by atoms with van der Waals surface area (Å²) in [5.41, 5.74) is 6.61. The second-order valence-electron chi connectivity index (χ2n) is 5.20. The van der Waals surface area contributed by atoms with E-state index < -0.39 is 28.8 Å². The Hall–Kier alpha value is -1.28. The van der Waals surface area contributed by atoms with Crippen LogP contribution in [0.4, 0.5) is 18.9 Å². The SMILES string of the molecule is Cc1ccc(C)c(S(=O)(=O)N(CC(F)(F)F)C(C)C)c1N. The summed E-state index contributed by atoms with van der Waals surface area (Å²) in [4.78, 5) is -0.250. The van der Waals surface area contributed by atoms with Gasteiger partial charge in [-0.25, -0.2) is 8.42 Å². The Bertz CT molecular complexity index is 625. The molecule has 0 aliphatic carbocycles. The van der Waals surface area contributed by atoms with E-state index >= 15 is 0 Å². The van der Waals surface area contributed by atoms with Crippen molar-refractivity contribution < 1.29 is 21.6 Å². The zero-order chi connectivity index (χ0) is 16.6. The monoisotopic (exact) mass is 324 g/mol. The summed E-state index contributed by atoms with van der Waals surface area (Å²) in [6.07, 6.45) is -4.62. The topological polar surface area (TPSA) is 63.4 Å². The molecule has 0 bridgehead atoms. The highest BCUT2D eigenvalue weighted by Crippen LogP contribution is 2.31. The van der Waals surface area contributed by atoms with E-state index in [-0.39, 0.29) is 10.6 Å². The van der Waals surface area contributed by atoms with E-state index in [9.17, 15) is 21.6 Å². The molecule has 0 unspecified atom stereocenters. The first-order valence-electron chi connectivity index (χ1n) is 6.32. The van der Waals surface area contributed by atoms with Gasteiger partial charge in [0.1, 0.15) is 11.4 Å². The van der Waals surface area contributed by atoms with Crippen molar-refractivity contribution in [2.24, 2.45) is 0 Å². The maximum absolute atomic E-state index is 12.7. The Balaban J connectivity index is 3.48. The van der Waals surface area contributed by atoms with Gasteiger partial charge in [0.2, 0.25) is 10.0 Å². The van der Waals surface area contributed by atoms with E-state index in [1.807, 2.05) is 0 Å². The first-order chi connectivity index (χ1) is 9.38. The van der Waals surface area contributed by atoms with Gasteiger partial charge in [0.15, 0.2) is 0 Å². The predicted molar refractivity (Wildman–Crippen MR) is 75.4 cm³/mol. The summed E-state index contributed by atoms with van der Waals surface area (Å²) in [5, 5.41) is 0. The molecule has 0 radical (unpaired) electrons. The standard InChI is InChI=1S/C13H19F3N2O2S/c1-8(2)18(7-13(14,15)16)21(19,20)12-10(4)6-5-9(3)11(12)17/h5-6,8H,7,17H2,1-4H3. The maximum Gasteiger partial charge on any atom is 0.402 e. The highest BCUT2D eigenvalue weighted by molar-refractivity contribution is 7.89. The minimum absolute atomic E-state index is 0.0113. The van der Waals surface area contributed by atoms with Gasteiger partial charge in [-0.15, -0.1) is 0 Å². The molecule has 8 heteroatoms. The van der Waals surface area contributed by atoms with Gasteiger partial charge in [-0.05, 0) is 38.8 Å². The van der Waals surface area contributed by atoms with Crippen LogP contribution in [0.3, 0.4) is 0 Å². The van der Waals surface area contributed by atoms with E-state index in [1.165, 1.54) is 26.8 Å². The average molecular weight is 324 g/mol. The van der Waals surface area contributed by atoms with Crippen LogP contribution in [0.2, 0.25) is 0 Å². The van der Waals surface area contributed by atoms with Crippen LogP contribution in [0, 0.1) is 13.8 Å². The first-order valence-corrected chi connectivity index (χ1v) is 7.76. The van der Waals surface area contributed by atoms with Crippen LogP contribution in [0.25, 0.3) is 0 Å². The number of halogens is 3. The molecule has 0 amide bonds. The van der Waals surface area contributed by atoms with Gasteiger partial charge in [-0.1, -0.05) is 12.1 Å². The molecule has 4 nitrogen and oxygen atoms in total. The third kappa shape index (κ3) is 3.88. The Morgan fingerprint density at radius 3 is 2.10 bits per heavy atom. The molecule has 0 atom stereocenters. The number of nitrogen functional groups attached to an aromatic ring is 1. The van der Waals surface area contributed by atoms with Crippen molar-refractivity contribution in [2.75, 3.05) is 12.3 Å². The summed E-state index contributed by atoms with van der Waals surface area (Å²) < 4.78 is 63.6. The smallest absolute Gasteiger partial charge is 0.397 e. The van der Waals surface area contributed by atoms with Crippen molar-refractivity contribution in [3.63, 3.8) is 0 Å². The van der Waals surface area contributed by atoms with Crippen LogP contribution in [0.1, 0.15) is 25.0 Å². The molecule has 0 fully saturated rings. The van der Waals surface area contributed by atoms with Crippen molar-refractivity contribution in [3.8, 4) is 0 Å². The number of nitrogens with zero attached hydrogens (tertiary/aromatic N) is 1. The molecular formula is C13H19F3N2O2S. The second kappa shape index (κ2) is 5.84. The van der Waals surface area contributed by atoms with Crippen molar-refractivity contribution in [2.45, 2.75) is 44.8 Å². The van der Waals surface area contributed by atoms with Gasteiger partial charge in [-0.3, -0.25) is 0 Å².